The summed E-state index contributed by atoms with van der Waals surface area (Å²) in [6.45, 7) is 1.73. The summed E-state index contributed by atoms with van der Waals surface area (Å²) in [5.41, 5.74) is -2.07. The topological polar surface area (TPSA) is 77.8 Å². The van der Waals surface area contributed by atoms with Crippen LogP contribution < -0.4 is 0 Å². The molecule has 0 saturated carbocycles. The number of carboxylic acid groups (broad SMARTS) is 1. The molecule has 53 valence electrons. The third-order valence-corrected chi connectivity index (χ3v) is 1.12. The molecule has 0 rings (SSSR count). The van der Waals surface area contributed by atoms with Gasteiger partial charge in [0.15, 0.2) is 5.60 Å². The fraction of sp³-hybridized carbons (Fsp3) is 0.600. The van der Waals surface area contributed by atoms with Crippen LogP contribution in [0.15, 0.2) is 0 Å². The number of aliphatic hydroxyl groups is 2. The van der Waals surface area contributed by atoms with E-state index < -0.39 is 11.6 Å². The Balaban J connectivity index is 4.09. The number of hydrogen-bond donors (Lipinski definition) is 3. The van der Waals surface area contributed by atoms with Gasteiger partial charge in [-0.2, -0.15) is 0 Å². The van der Waals surface area contributed by atoms with E-state index in [2.05, 4.69) is 0 Å². The fourth-order valence-corrected chi connectivity index (χ4v) is 0.298. The van der Waals surface area contributed by atoms with Gasteiger partial charge in [0.25, 0.3) is 0 Å². The van der Waals surface area contributed by atoms with E-state index in [1.54, 1.807) is 0 Å². The van der Waals surface area contributed by atoms with Gasteiger partial charge in [0, 0.05) is 0 Å². The summed E-state index contributed by atoms with van der Waals surface area (Å²) < 4.78 is 0. The Labute approximate surface area is 52.7 Å². The van der Waals surface area contributed by atoms with Gasteiger partial charge in [-0.1, -0.05) is 6.92 Å². The van der Waals surface area contributed by atoms with Crippen molar-refractivity contribution in [2.24, 2.45) is 0 Å². The number of carboxylic acids is 1. The quantitative estimate of drug-likeness (QED) is 0.496. The van der Waals surface area contributed by atoms with Crippen LogP contribution in [0.3, 0.4) is 0 Å². The number of hydrogen-bond acceptors (Lipinski definition) is 3. The number of carbonyl (C=O) groups is 1. The molecule has 0 fully saturated rings. The highest BCUT2D eigenvalue weighted by molar-refractivity contribution is 5.78. The maximum Gasteiger partial charge on any atom is 0.338 e. The maximum atomic E-state index is 10.0. The van der Waals surface area contributed by atoms with Crippen LogP contribution in [0.2, 0.25) is 0 Å². The molecule has 0 aliphatic rings. The van der Waals surface area contributed by atoms with Crippen LogP contribution in [-0.4, -0.2) is 26.9 Å². The largest absolute Gasteiger partial charge is 0.479 e. The molecular formula is C5H9O4. The van der Waals surface area contributed by atoms with E-state index >= 15 is 0 Å². The average Bonchev–Trinajstić information content (AvgIpc) is 1.86. The molecule has 1 atom stereocenters. The van der Waals surface area contributed by atoms with Crippen LogP contribution in [0.25, 0.3) is 0 Å². The van der Waals surface area contributed by atoms with Crippen molar-refractivity contribution in [2.75, 3.05) is 0 Å². The zero-order chi connectivity index (χ0) is 7.49. The molecule has 0 aliphatic carbocycles. The first-order valence-corrected chi connectivity index (χ1v) is 2.51. The zero-order valence-electron chi connectivity index (χ0n) is 5.03. The maximum absolute atomic E-state index is 10.0. The van der Waals surface area contributed by atoms with Crippen LogP contribution in [0.5, 0.6) is 0 Å². The molecule has 4 heteroatoms. The van der Waals surface area contributed by atoms with Crippen LogP contribution in [0.1, 0.15) is 13.3 Å². The summed E-state index contributed by atoms with van der Waals surface area (Å²) in [6, 6.07) is 0. The third-order valence-electron chi connectivity index (χ3n) is 1.12. The van der Waals surface area contributed by atoms with Gasteiger partial charge in [-0.3, -0.25) is 0 Å². The highest BCUT2D eigenvalue weighted by Crippen LogP contribution is 2.11. The molecule has 0 bridgehead atoms. The van der Waals surface area contributed by atoms with Crippen molar-refractivity contribution in [3.05, 3.63) is 6.61 Å². The van der Waals surface area contributed by atoms with E-state index in [0.717, 1.165) is 0 Å². The van der Waals surface area contributed by atoms with Gasteiger partial charge in [0.05, 0.1) is 0 Å². The molecule has 0 saturated heterocycles. The lowest BCUT2D eigenvalue weighted by Gasteiger charge is -2.16. The predicted octanol–water partition coefficient (Wildman–Crippen LogP) is -0.254. The molecule has 9 heavy (non-hydrogen) atoms. The van der Waals surface area contributed by atoms with Crippen molar-refractivity contribution in [3.8, 4) is 0 Å². The van der Waals surface area contributed by atoms with Crippen LogP contribution in [-0.2, 0) is 4.79 Å². The molecular weight excluding hydrogens is 124 g/mol. The summed E-state index contributed by atoms with van der Waals surface area (Å²) >= 11 is 0. The molecule has 0 aromatic heterocycles. The monoisotopic (exact) mass is 133 g/mol. The summed E-state index contributed by atoms with van der Waals surface area (Å²) in [6.07, 6.45) is -0.0428. The fourth-order valence-electron chi connectivity index (χ4n) is 0.298. The molecule has 1 unspecified atom stereocenters. The minimum Gasteiger partial charge on any atom is -0.479 e. The van der Waals surface area contributed by atoms with Crippen molar-refractivity contribution in [2.45, 2.75) is 18.9 Å². The molecule has 4 nitrogen and oxygen atoms in total. The molecule has 1 radical (unpaired) electrons. The lowest BCUT2D eigenvalue weighted by atomic mass is 10.0. The molecule has 0 aromatic rings. The Morgan fingerprint density at radius 1 is 1.78 bits per heavy atom. The Bertz CT molecular complexity index is 106. The summed E-state index contributed by atoms with van der Waals surface area (Å²) in [5.74, 6) is -1.44. The van der Waals surface area contributed by atoms with E-state index in [0.29, 0.717) is 0 Å². The van der Waals surface area contributed by atoms with Gasteiger partial charge in [-0.25, -0.2) is 4.79 Å². The first-order chi connectivity index (χ1) is 4.06. The van der Waals surface area contributed by atoms with Crippen LogP contribution >= 0.6 is 0 Å². The summed E-state index contributed by atoms with van der Waals surface area (Å²) in [4.78, 5) is 10.0. The summed E-state index contributed by atoms with van der Waals surface area (Å²) in [5, 5.41) is 25.2. The van der Waals surface area contributed by atoms with E-state index in [-0.39, 0.29) is 13.0 Å². The normalized spacial score (nSPS) is 16.8. The summed E-state index contributed by atoms with van der Waals surface area (Å²) in [7, 11) is 0. The molecule has 3 N–H and O–H groups in total. The van der Waals surface area contributed by atoms with Crippen LogP contribution in [0, 0.1) is 6.61 Å². The van der Waals surface area contributed by atoms with Gasteiger partial charge in [-0.05, 0) is 6.42 Å². The van der Waals surface area contributed by atoms with Gasteiger partial charge in [0.2, 0.25) is 0 Å². The third kappa shape index (κ3) is 1.65. The second-order valence-electron chi connectivity index (χ2n) is 1.71. The van der Waals surface area contributed by atoms with E-state index in [1.165, 1.54) is 6.92 Å². The molecule has 0 aromatic carbocycles. The van der Waals surface area contributed by atoms with E-state index in [4.69, 9.17) is 15.3 Å². The molecule has 0 aliphatic heterocycles. The van der Waals surface area contributed by atoms with Crippen molar-refractivity contribution in [3.63, 3.8) is 0 Å². The van der Waals surface area contributed by atoms with Gasteiger partial charge < -0.3 is 15.3 Å². The number of aliphatic hydroxyl groups excluding tert-OH is 1. The first kappa shape index (κ1) is 8.39. The van der Waals surface area contributed by atoms with Gasteiger partial charge >= 0.3 is 5.97 Å². The predicted molar refractivity (Wildman–Crippen MR) is 29.1 cm³/mol. The SMILES string of the molecule is CCC(O)([CH]O)C(=O)O. The molecule has 0 spiro atoms. The molecule has 0 amide bonds. The Morgan fingerprint density at radius 2 is 2.22 bits per heavy atom. The lowest BCUT2D eigenvalue weighted by Crippen LogP contribution is -2.38. The van der Waals surface area contributed by atoms with Crippen molar-refractivity contribution >= 4 is 5.97 Å². The zero-order valence-corrected chi connectivity index (χ0v) is 5.03. The second kappa shape index (κ2) is 2.80. The van der Waals surface area contributed by atoms with Crippen molar-refractivity contribution < 1.29 is 20.1 Å². The minimum atomic E-state index is -2.07. The molecule has 0 heterocycles. The minimum absolute atomic E-state index is 0.0428. The standard InChI is InChI=1S/C5H9O4/c1-2-5(9,3-6)4(7)8/h3,6,9H,2H2,1H3,(H,7,8). The highest BCUT2D eigenvalue weighted by atomic mass is 16.4. The smallest absolute Gasteiger partial charge is 0.338 e. The number of rotatable bonds is 3. The average molecular weight is 133 g/mol. The highest BCUT2D eigenvalue weighted by Gasteiger charge is 2.33. The number of aliphatic carboxylic acids is 1. The first-order valence-electron chi connectivity index (χ1n) is 2.51. The Kier molecular flexibility index (Phi) is 2.61. The van der Waals surface area contributed by atoms with Gasteiger partial charge in [-0.15, -0.1) is 0 Å². The van der Waals surface area contributed by atoms with Gasteiger partial charge in [0.1, 0.15) is 6.61 Å². The van der Waals surface area contributed by atoms with E-state index in [1.807, 2.05) is 0 Å². The van der Waals surface area contributed by atoms with Crippen molar-refractivity contribution in [1.82, 2.24) is 0 Å². The Hall–Kier alpha value is -0.610. The van der Waals surface area contributed by atoms with E-state index in [9.17, 15) is 4.79 Å². The van der Waals surface area contributed by atoms with Crippen molar-refractivity contribution in [1.29, 1.82) is 0 Å². The lowest BCUT2D eigenvalue weighted by molar-refractivity contribution is -0.158. The van der Waals surface area contributed by atoms with Crippen LogP contribution in [0.4, 0.5) is 0 Å². The second-order valence-corrected chi connectivity index (χ2v) is 1.71. The Morgan fingerprint density at radius 3 is 2.22 bits per heavy atom.